The van der Waals surface area contributed by atoms with Gasteiger partial charge in [0.15, 0.2) is 0 Å². The molecule has 1 saturated heterocycles. The number of nitrogens with one attached hydrogen (secondary N) is 2. The molecule has 2 heterocycles. The maximum atomic E-state index is 13.6. The van der Waals surface area contributed by atoms with Crippen molar-refractivity contribution in [2.75, 3.05) is 13.7 Å². The third kappa shape index (κ3) is 4.89. The normalized spacial score (nSPS) is 20.9. The predicted octanol–water partition coefficient (Wildman–Crippen LogP) is 3.54. The van der Waals surface area contributed by atoms with E-state index in [-0.39, 0.29) is 29.0 Å². The number of carbonyl (C=O) groups excluding carboxylic acids is 3. The summed E-state index contributed by atoms with van der Waals surface area (Å²) < 4.78 is 4.68. The highest BCUT2D eigenvalue weighted by Crippen LogP contribution is 2.56. The lowest BCUT2D eigenvalue weighted by Crippen LogP contribution is -2.58. The van der Waals surface area contributed by atoms with Crippen LogP contribution in [0, 0.1) is 5.92 Å². The van der Waals surface area contributed by atoms with Gasteiger partial charge in [-0.05, 0) is 55.5 Å². The van der Waals surface area contributed by atoms with Crippen molar-refractivity contribution in [3.63, 3.8) is 0 Å². The summed E-state index contributed by atoms with van der Waals surface area (Å²) in [6.45, 7) is 8.23. The molecule has 0 spiro atoms. The van der Waals surface area contributed by atoms with Crippen LogP contribution in [0.3, 0.4) is 0 Å². The smallest absolute Gasteiger partial charge is 0.256 e. The number of thioether (sulfide) groups is 1. The summed E-state index contributed by atoms with van der Waals surface area (Å²) in [7, 11) is 1.62. The van der Waals surface area contributed by atoms with Gasteiger partial charge in [-0.2, -0.15) is 0 Å². The SMILES string of the molecule is COc1ccc(CCNC(=O)C(NC(=O)C2N3C(=O)c4ccccc4C3SC2(C)C)C(C)C)cc1. The van der Waals surface area contributed by atoms with Crippen molar-refractivity contribution in [2.24, 2.45) is 5.92 Å². The second-order valence-corrected chi connectivity index (χ2v) is 11.6. The van der Waals surface area contributed by atoms with Gasteiger partial charge in [0.05, 0.1) is 7.11 Å². The molecule has 2 aromatic rings. The number of hydrogen-bond acceptors (Lipinski definition) is 5. The third-order valence-corrected chi connectivity index (χ3v) is 8.20. The van der Waals surface area contributed by atoms with Gasteiger partial charge in [-0.3, -0.25) is 14.4 Å². The Kier molecular flexibility index (Phi) is 7.12. The summed E-state index contributed by atoms with van der Waals surface area (Å²) >= 11 is 1.61. The van der Waals surface area contributed by atoms with Crippen LogP contribution in [-0.2, 0) is 16.0 Å². The van der Waals surface area contributed by atoms with Gasteiger partial charge in [0, 0.05) is 16.9 Å². The van der Waals surface area contributed by atoms with Crippen LogP contribution in [-0.4, -0.2) is 53.1 Å². The Morgan fingerprint density at radius 3 is 2.46 bits per heavy atom. The molecular weight excluding hydrogens is 462 g/mol. The second kappa shape index (κ2) is 9.93. The Morgan fingerprint density at radius 2 is 1.80 bits per heavy atom. The van der Waals surface area contributed by atoms with Gasteiger partial charge in [0.25, 0.3) is 5.91 Å². The number of ether oxygens (including phenoxy) is 1. The Balaban J connectivity index is 1.42. The Hall–Kier alpha value is -3.00. The van der Waals surface area contributed by atoms with Gasteiger partial charge < -0.3 is 20.3 Å². The summed E-state index contributed by atoms with van der Waals surface area (Å²) in [4.78, 5) is 41.5. The average molecular weight is 496 g/mol. The highest BCUT2D eigenvalue weighted by Gasteiger charge is 2.57. The van der Waals surface area contributed by atoms with Crippen molar-refractivity contribution >= 4 is 29.5 Å². The van der Waals surface area contributed by atoms with Crippen LogP contribution in [0.2, 0.25) is 0 Å². The van der Waals surface area contributed by atoms with E-state index in [1.807, 2.05) is 76.2 Å². The summed E-state index contributed by atoms with van der Waals surface area (Å²) in [5.41, 5.74) is 2.68. The van der Waals surface area contributed by atoms with Gasteiger partial charge in [0.1, 0.15) is 23.2 Å². The highest BCUT2D eigenvalue weighted by atomic mass is 32.2. The van der Waals surface area contributed by atoms with Gasteiger partial charge in [-0.25, -0.2) is 0 Å². The maximum absolute atomic E-state index is 13.6. The molecule has 1 fully saturated rings. The zero-order chi connectivity index (χ0) is 25.3. The first-order valence-electron chi connectivity index (χ1n) is 11.9. The van der Waals surface area contributed by atoms with Crippen LogP contribution < -0.4 is 15.4 Å². The number of methoxy groups -OCH3 is 1. The standard InChI is InChI=1S/C27H33N3O4S/c1-16(2)21(23(31)28-15-14-17-10-12-18(34-5)13-11-17)29-24(32)22-27(3,4)35-26-20-9-7-6-8-19(20)25(33)30(22)26/h6-13,16,21-22,26H,14-15H2,1-5H3,(H,28,31)(H,29,32). The molecule has 7 nitrogen and oxygen atoms in total. The zero-order valence-electron chi connectivity index (χ0n) is 20.8. The monoisotopic (exact) mass is 495 g/mol. The quantitative estimate of drug-likeness (QED) is 0.585. The molecule has 2 aliphatic rings. The molecule has 0 aromatic heterocycles. The molecule has 2 aromatic carbocycles. The first-order valence-corrected chi connectivity index (χ1v) is 12.8. The molecule has 0 radical (unpaired) electrons. The van der Waals surface area contributed by atoms with Crippen molar-refractivity contribution in [3.8, 4) is 5.75 Å². The molecule has 0 aliphatic carbocycles. The van der Waals surface area contributed by atoms with E-state index in [0.29, 0.717) is 18.5 Å². The molecule has 4 rings (SSSR count). The van der Waals surface area contributed by atoms with E-state index in [1.165, 1.54) is 0 Å². The molecule has 3 amide bonds. The van der Waals surface area contributed by atoms with Crippen LogP contribution >= 0.6 is 11.8 Å². The third-order valence-electron chi connectivity index (χ3n) is 6.66. The van der Waals surface area contributed by atoms with Gasteiger partial charge in [-0.1, -0.05) is 44.2 Å². The number of carbonyl (C=O) groups is 3. The molecule has 3 atom stereocenters. The van der Waals surface area contributed by atoms with Crippen molar-refractivity contribution < 1.29 is 19.1 Å². The number of nitrogens with zero attached hydrogens (tertiary/aromatic N) is 1. The molecule has 0 saturated carbocycles. The van der Waals surface area contributed by atoms with E-state index in [9.17, 15) is 14.4 Å². The van der Waals surface area contributed by atoms with E-state index in [4.69, 9.17) is 4.74 Å². The molecule has 3 unspecified atom stereocenters. The topological polar surface area (TPSA) is 87.7 Å². The Morgan fingerprint density at radius 1 is 1.11 bits per heavy atom. The molecule has 35 heavy (non-hydrogen) atoms. The highest BCUT2D eigenvalue weighted by molar-refractivity contribution is 8.01. The van der Waals surface area contributed by atoms with E-state index in [1.54, 1.807) is 23.8 Å². The summed E-state index contributed by atoms with van der Waals surface area (Å²) in [5.74, 6) is 0.0245. The van der Waals surface area contributed by atoms with Crippen LogP contribution in [0.1, 0.15) is 54.6 Å². The molecule has 8 heteroatoms. The fraction of sp³-hybridized carbons (Fsp3) is 0.444. The minimum Gasteiger partial charge on any atom is -0.497 e. The van der Waals surface area contributed by atoms with Crippen LogP contribution in [0.5, 0.6) is 5.75 Å². The van der Waals surface area contributed by atoms with Gasteiger partial charge in [0.2, 0.25) is 11.8 Å². The first kappa shape index (κ1) is 25.1. The minimum absolute atomic E-state index is 0.112. The number of hydrogen-bond donors (Lipinski definition) is 2. The van der Waals surface area contributed by atoms with Gasteiger partial charge in [-0.15, -0.1) is 11.8 Å². The zero-order valence-corrected chi connectivity index (χ0v) is 21.6. The van der Waals surface area contributed by atoms with Crippen LogP contribution in [0.15, 0.2) is 48.5 Å². The number of fused-ring (bicyclic) bond motifs is 3. The second-order valence-electron chi connectivity index (χ2n) is 9.90. The molecular formula is C27H33N3O4S. The largest absolute Gasteiger partial charge is 0.497 e. The lowest BCUT2D eigenvalue weighted by molar-refractivity contribution is -0.132. The first-order chi connectivity index (χ1) is 16.6. The Labute approximate surface area is 211 Å². The number of rotatable bonds is 8. The molecule has 0 bridgehead atoms. The summed E-state index contributed by atoms with van der Waals surface area (Å²) in [5, 5.41) is 5.73. The predicted molar refractivity (Wildman–Crippen MR) is 137 cm³/mol. The van der Waals surface area contributed by atoms with E-state index >= 15 is 0 Å². The Bertz CT molecular complexity index is 1120. The van der Waals surface area contributed by atoms with Crippen molar-refractivity contribution in [2.45, 2.75) is 56.3 Å². The molecule has 2 aliphatic heterocycles. The van der Waals surface area contributed by atoms with E-state index in [2.05, 4.69) is 10.6 Å². The van der Waals surface area contributed by atoms with E-state index in [0.717, 1.165) is 16.9 Å². The van der Waals surface area contributed by atoms with Crippen molar-refractivity contribution in [1.29, 1.82) is 0 Å². The fourth-order valence-corrected chi connectivity index (χ4v) is 6.39. The summed E-state index contributed by atoms with van der Waals surface area (Å²) in [6, 6.07) is 13.9. The maximum Gasteiger partial charge on any atom is 0.256 e. The lowest BCUT2D eigenvalue weighted by Gasteiger charge is -2.32. The van der Waals surface area contributed by atoms with Crippen LogP contribution in [0.25, 0.3) is 0 Å². The van der Waals surface area contributed by atoms with E-state index < -0.39 is 16.8 Å². The number of amides is 3. The van der Waals surface area contributed by atoms with Crippen molar-refractivity contribution in [3.05, 3.63) is 65.2 Å². The van der Waals surface area contributed by atoms with Crippen molar-refractivity contribution in [1.82, 2.24) is 15.5 Å². The minimum atomic E-state index is -0.696. The number of benzene rings is 2. The fourth-order valence-electron chi connectivity index (χ4n) is 4.80. The molecule has 186 valence electrons. The average Bonchev–Trinajstić information content (AvgIpc) is 3.26. The molecule has 2 N–H and O–H groups in total. The summed E-state index contributed by atoms with van der Waals surface area (Å²) in [6.07, 6.45) is 0.670. The van der Waals surface area contributed by atoms with Gasteiger partial charge >= 0.3 is 0 Å². The lowest BCUT2D eigenvalue weighted by atomic mass is 9.98. The van der Waals surface area contributed by atoms with Crippen LogP contribution in [0.4, 0.5) is 0 Å².